The number of aromatic nitrogens is 2. The van der Waals surface area contributed by atoms with E-state index in [1.54, 1.807) is 0 Å². The van der Waals surface area contributed by atoms with Gasteiger partial charge >= 0.3 is 0 Å². The highest BCUT2D eigenvalue weighted by Gasteiger charge is 2.44. The van der Waals surface area contributed by atoms with Gasteiger partial charge in [-0.25, -0.2) is 9.98 Å². The summed E-state index contributed by atoms with van der Waals surface area (Å²) in [5.41, 5.74) is 7.84. The lowest BCUT2D eigenvalue weighted by atomic mass is 9.82. The molecule has 1 aliphatic carbocycles. The Morgan fingerprint density at radius 2 is 1.72 bits per heavy atom. The van der Waals surface area contributed by atoms with Gasteiger partial charge in [0.2, 0.25) is 5.90 Å². The molecule has 0 radical (unpaired) electrons. The summed E-state index contributed by atoms with van der Waals surface area (Å²) in [7, 11) is 0. The molecule has 0 unspecified atom stereocenters. The van der Waals surface area contributed by atoms with Crippen LogP contribution in [0.5, 0.6) is 11.5 Å². The Labute approximate surface area is 254 Å². The predicted octanol–water partition coefficient (Wildman–Crippen LogP) is 9.67. The van der Waals surface area contributed by atoms with Gasteiger partial charge in [0, 0.05) is 28.6 Å². The van der Waals surface area contributed by atoms with E-state index in [1.165, 1.54) is 34.7 Å². The fraction of sp³-hybridized carbons (Fsp3) is 0.368. The Morgan fingerprint density at radius 3 is 2.51 bits per heavy atom. The van der Waals surface area contributed by atoms with Crippen LogP contribution in [0.15, 0.2) is 71.9 Å². The molecule has 0 amide bonds. The first-order chi connectivity index (χ1) is 20.5. The number of hydrogen-bond acceptors (Lipinski definition) is 4. The molecule has 220 valence electrons. The minimum absolute atomic E-state index is 0.0184. The van der Waals surface area contributed by atoms with Crippen molar-refractivity contribution in [3.63, 3.8) is 0 Å². The number of aliphatic imine (C=N–C) groups is 1. The smallest absolute Gasteiger partial charge is 0.217 e. The average molecular weight is 572 g/mol. The fourth-order valence-corrected chi connectivity index (χ4v) is 6.85. The summed E-state index contributed by atoms with van der Waals surface area (Å²) in [6, 6.07) is 21.7. The van der Waals surface area contributed by atoms with Crippen molar-refractivity contribution < 1.29 is 9.47 Å². The molecule has 5 heteroatoms. The maximum absolute atomic E-state index is 6.66. The Hall–Kier alpha value is -4.12. The largest absolute Gasteiger partial charge is 0.472 e. The average Bonchev–Trinajstić information content (AvgIpc) is 3.48. The topological polar surface area (TPSA) is 48.6 Å². The first-order valence-electron chi connectivity index (χ1n) is 15.6. The normalized spacial score (nSPS) is 20.3. The van der Waals surface area contributed by atoms with Crippen molar-refractivity contribution in [2.75, 3.05) is 0 Å². The SMILES string of the molecule is Cc1ccc2c(c1)c1ccc(Oc3cc(C4=N[C@]5(C)CCCC[C@@H]5O4)c(C)cc3C)cc1n2-c1cc(C(C)(C)C)ccn1. The first-order valence-corrected chi connectivity index (χ1v) is 15.6. The Balaban J connectivity index is 1.32. The van der Waals surface area contributed by atoms with Crippen LogP contribution in [0, 0.1) is 20.8 Å². The summed E-state index contributed by atoms with van der Waals surface area (Å²) in [5, 5.41) is 2.39. The van der Waals surface area contributed by atoms with Crippen LogP contribution < -0.4 is 4.74 Å². The third kappa shape index (κ3) is 4.79. The Kier molecular flexibility index (Phi) is 6.42. The Morgan fingerprint density at radius 1 is 0.884 bits per heavy atom. The van der Waals surface area contributed by atoms with Crippen LogP contribution in [-0.2, 0) is 10.2 Å². The van der Waals surface area contributed by atoms with Crippen molar-refractivity contribution in [1.29, 1.82) is 0 Å². The fourth-order valence-electron chi connectivity index (χ4n) is 6.85. The number of nitrogens with zero attached hydrogens (tertiary/aromatic N) is 3. The van der Waals surface area contributed by atoms with Crippen molar-refractivity contribution in [3.05, 3.63) is 94.7 Å². The van der Waals surface area contributed by atoms with E-state index in [0.717, 1.165) is 63.8 Å². The van der Waals surface area contributed by atoms with E-state index < -0.39 is 0 Å². The highest BCUT2D eigenvalue weighted by Crippen LogP contribution is 2.41. The lowest BCUT2D eigenvalue weighted by Crippen LogP contribution is -2.37. The molecule has 3 aromatic carbocycles. The molecule has 43 heavy (non-hydrogen) atoms. The van der Waals surface area contributed by atoms with E-state index in [9.17, 15) is 0 Å². The molecule has 1 aliphatic heterocycles. The van der Waals surface area contributed by atoms with Crippen LogP contribution in [0.2, 0.25) is 0 Å². The third-order valence-corrected chi connectivity index (χ3v) is 9.42. The highest BCUT2D eigenvalue weighted by molar-refractivity contribution is 6.09. The molecule has 0 saturated heterocycles. The summed E-state index contributed by atoms with van der Waals surface area (Å²) < 4.78 is 15.4. The minimum atomic E-state index is -0.124. The molecule has 1 fully saturated rings. The van der Waals surface area contributed by atoms with Crippen LogP contribution in [0.3, 0.4) is 0 Å². The molecule has 2 atom stereocenters. The number of aryl methyl sites for hydroxylation is 3. The van der Waals surface area contributed by atoms with E-state index in [0.29, 0.717) is 0 Å². The van der Waals surface area contributed by atoms with Crippen molar-refractivity contribution >= 4 is 27.7 Å². The van der Waals surface area contributed by atoms with E-state index in [-0.39, 0.29) is 17.1 Å². The van der Waals surface area contributed by atoms with Gasteiger partial charge in [0.1, 0.15) is 23.4 Å². The van der Waals surface area contributed by atoms with Crippen LogP contribution >= 0.6 is 0 Å². The molecule has 2 aromatic heterocycles. The summed E-state index contributed by atoms with van der Waals surface area (Å²) >= 11 is 0. The van der Waals surface area contributed by atoms with Gasteiger partial charge in [-0.05, 0) is 112 Å². The maximum Gasteiger partial charge on any atom is 0.217 e. The van der Waals surface area contributed by atoms with Crippen LogP contribution in [0.25, 0.3) is 27.6 Å². The molecular weight excluding hydrogens is 530 g/mol. The van der Waals surface area contributed by atoms with Crippen molar-refractivity contribution in [3.8, 4) is 17.3 Å². The second-order valence-electron chi connectivity index (χ2n) is 13.8. The lowest BCUT2D eigenvalue weighted by molar-refractivity contribution is 0.104. The zero-order valence-electron chi connectivity index (χ0n) is 26.4. The maximum atomic E-state index is 6.66. The molecular formula is C38H41N3O2. The minimum Gasteiger partial charge on any atom is -0.472 e. The second-order valence-corrected chi connectivity index (χ2v) is 13.8. The number of pyridine rings is 1. The predicted molar refractivity (Wildman–Crippen MR) is 176 cm³/mol. The van der Waals surface area contributed by atoms with Crippen molar-refractivity contribution in [2.45, 2.75) is 91.2 Å². The van der Waals surface area contributed by atoms with Gasteiger partial charge in [-0.15, -0.1) is 0 Å². The molecule has 0 bridgehead atoms. The van der Waals surface area contributed by atoms with E-state index in [2.05, 4.69) is 114 Å². The standard InChI is InChI=1S/C38H41N3O2/c1-23-11-14-31-30(18-23)28-13-12-27(21-32(28)41(31)35-20-26(15-17-39-35)37(4,5)6)42-33-22-29(24(2)19-25(33)3)36-40-38(7)16-9-8-10-34(38)43-36/h11-15,17-22,34H,8-10,16H2,1-7H3/t34-,38+/m0/s1. The number of hydrogen-bond donors (Lipinski definition) is 0. The number of ether oxygens (including phenoxy) is 2. The second kappa shape index (κ2) is 9.97. The van der Waals surface area contributed by atoms with Crippen molar-refractivity contribution in [2.24, 2.45) is 4.99 Å². The van der Waals surface area contributed by atoms with Crippen LogP contribution in [-0.4, -0.2) is 27.1 Å². The quantitative estimate of drug-likeness (QED) is 0.216. The summed E-state index contributed by atoms with van der Waals surface area (Å²) in [5.74, 6) is 3.27. The molecule has 0 spiro atoms. The zero-order chi connectivity index (χ0) is 30.1. The van der Waals surface area contributed by atoms with Gasteiger partial charge in [-0.2, -0.15) is 0 Å². The van der Waals surface area contributed by atoms with Gasteiger partial charge in [0.15, 0.2) is 0 Å². The molecule has 2 aliphatic rings. The molecule has 5 nitrogen and oxygen atoms in total. The Bertz CT molecular complexity index is 1930. The molecule has 3 heterocycles. The van der Waals surface area contributed by atoms with E-state index in [4.69, 9.17) is 19.5 Å². The van der Waals surface area contributed by atoms with E-state index >= 15 is 0 Å². The van der Waals surface area contributed by atoms with Gasteiger partial charge in [-0.1, -0.05) is 44.9 Å². The van der Waals surface area contributed by atoms with Gasteiger partial charge in [0.25, 0.3) is 0 Å². The van der Waals surface area contributed by atoms with Crippen molar-refractivity contribution in [1.82, 2.24) is 9.55 Å². The molecule has 5 aromatic rings. The van der Waals surface area contributed by atoms with Gasteiger partial charge in [-0.3, -0.25) is 4.57 Å². The zero-order valence-corrected chi connectivity index (χ0v) is 26.4. The van der Waals surface area contributed by atoms with Gasteiger partial charge < -0.3 is 9.47 Å². The third-order valence-electron chi connectivity index (χ3n) is 9.42. The van der Waals surface area contributed by atoms with Gasteiger partial charge in [0.05, 0.1) is 16.6 Å². The summed E-state index contributed by atoms with van der Waals surface area (Å²) in [6.45, 7) is 15.3. The number of benzene rings is 3. The number of fused-ring (bicyclic) bond motifs is 4. The lowest BCUT2D eigenvalue weighted by Gasteiger charge is -2.31. The summed E-state index contributed by atoms with van der Waals surface area (Å²) in [4.78, 5) is 9.96. The first kappa shape index (κ1) is 27.7. The molecule has 7 rings (SSSR count). The molecule has 0 N–H and O–H groups in total. The summed E-state index contributed by atoms with van der Waals surface area (Å²) in [6.07, 6.45) is 6.65. The molecule has 1 saturated carbocycles. The van der Waals surface area contributed by atoms with Crippen LogP contribution in [0.4, 0.5) is 0 Å². The highest BCUT2D eigenvalue weighted by atomic mass is 16.5. The van der Waals surface area contributed by atoms with E-state index in [1.807, 2.05) is 6.20 Å². The van der Waals surface area contributed by atoms with Crippen LogP contribution in [0.1, 0.15) is 81.2 Å². The number of rotatable bonds is 4. The monoisotopic (exact) mass is 571 g/mol.